The fourth-order valence-corrected chi connectivity index (χ4v) is 4.46. The molecule has 2 aromatic carbocycles. The van der Waals surface area contributed by atoms with Crippen molar-refractivity contribution in [1.29, 1.82) is 0 Å². The number of carbonyl (C=O) groups excluding carboxylic acids is 1. The molecule has 0 radical (unpaired) electrons. The van der Waals surface area contributed by atoms with Crippen molar-refractivity contribution in [3.05, 3.63) is 76.3 Å². The number of carbonyl (C=O) groups is 1. The van der Waals surface area contributed by atoms with Gasteiger partial charge in [-0.25, -0.2) is 26.3 Å². The van der Waals surface area contributed by atoms with Crippen molar-refractivity contribution >= 4 is 50.0 Å². The van der Waals surface area contributed by atoms with Gasteiger partial charge in [-0.15, -0.1) is 0 Å². The smallest absolute Gasteiger partial charge is 0.268 e. The Balaban J connectivity index is 2.07. The van der Waals surface area contributed by atoms with Gasteiger partial charge in [0.15, 0.2) is 11.7 Å². The van der Waals surface area contributed by atoms with Crippen LogP contribution in [0.4, 0.5) is 13.2 Å². The van der Waals surface area contributed by atoms with Gasteiger partial charge in [0.1, 0.15) is 17.3 Å². The zero-order valence-corrected chi connectivity index (χ0v) is 19.0. The van der Waals surface area contributed by atoms with E-state index in [1.165, 1.54) is 24.3 Å². The normalized spacial score (nSPS) is 20.7. The van der Waals surface area contributed by atoms with E-state index >= 15 is 4.39 Å². The van der Waals surface area contributed by atoms with Crippen LogP contribution in [0, 0.1) is 11.6 Å². The fourth-order valence-electron chi connectivity index (χ4n) is 3.61. The average molecular weight is 516 g/mol. The van der Waals surface area contributed by atoms with Crippen LogP contribution < -0.4 is 4.72 Å². The van der Waals surface area contributed by atoms with Crippen molar-refractivity contribution in [1.82, 2.24) is 14.5 Å². The maximum absolute atomic E-state index is 15.5. The van der Waals surface area contributed by atoms with Crippen LogP contribution in [0.1, 0.15) is 0 Å². The summed E-state index contributed by atoms with van der Waals surface area (Å²) in [6.07, 6.45) is 1.82. The van der Waals surface area contributed by atoms with Crippen LogP contribution in [0.15, 0.2) is 59.7 Å². The summed E-state index contributed by atoms with van der Waals surface area (Å²) in [5.74, 6) is -2.71. The van der Waals surface area contributed by atoms with Crippen LogP contribution >= 0.6 is 23.2 Å². The van der Waals surface area contributed by atoms with Gasteiger partial charge in [0.2, 0.25) is 10.0 Å². The predicted molar refractivity (Wildman–Crippen MR) is 119 cm³/mol. The molecule has 2 unspecified atom stereocenters. The molecule has 1 aliphatic carbocycles. The molecule has 3 aromatic rings. The Morgan fingerprint density at radius 1 is 1.18 bits per heavy atom. The van der Waals surface area contributed by atoms with Crippen molar-refractivity contribution in [2.75, 3.05) is 6.26 Å². The van der Waals surface area contributed by atoms with Crippen molar-refractivity contribution in [3.63, 3.8) is 0 Å². The van der Waals surface area contributed by atoms with Crippen molar-refractivity contribution in [2.45, 2.75) is 11.7 Å². The zero-order valence-electron chi connectivity index (χ0n) is 16.7. The first-order valence-electron chi connectivity index (χ1n) is 9.29. The Labute approximate surface area is 196 Å². The molecule has 0 fully saturated rings. The quantitative estimate of drug-likeness (QED) is 0.557. The molecule has 1 amide bonds. The highest BCUT2D eigenvalue weighted by atomic mass is 35.5. The van der Waals surface area contributed by atoms with E-state index < -0.39 is 39.3 Å². The molecule has 0 saturated carbocycles. The van der Waals surface area contributed by atoms with Crippen LogP contribution in [0.3, 0.4) is 0 Å². The number of nitrogens with one attached hydrogen (secondary N) is 1. The average Bonchev–Trinajstić information content (AvgIpc) is 3.09. The van der Waals surface area contributed by atoms with Gasteiger partial charge in [-0.05, 0) is 48.6 Å². The monoisotopic (exact) mass is 515 g/mol. The molecule has 0 aliphatic heterocycles. The molecule has 1 heterocycles. The van der Waals surface area contributed by atoms with E-state index in [-0.39, 0.29) is 32.2 Å². The number of nitrogens with zero attached hydrogens (tertiary/aromatic N) is 2. The molecule has 1 aliphatic rings. The van der Waals surface area contributed by atoms with Gasteiger partial charge >= 0.3 is 0 Å². The summed E-state index contributed by atoms with van der Waals surface area (Å²) >= 11 is 11.8. The minimum absolute atomic E-state index is 0.0119. The van der Waals surface area contributed by atoms with Crippen LogP contribution in [0.5, 0.6) is 0 Å². The Hall–Kier alpha value is -2.82. The summed E-state index contributed by atoms with van der Waals surface area (Å²) in [5, 5.41) is 4.21. The molecule has 1 N–H and O–H groups in total. The lowest BCUT2D eigenvalue weighted by Gasteiger charge is -2.34. The van der Waals surface area contributed by atoms with E-state index in [1.54, 1.807) is 4.72 Å². The van der Waals surface area contributed by atoms with Gasteiger partial charge in [-0.2, -0.15) is 5.10 Å². The fraction of sp³-hybridized carbons (Fsp3) is 0.143. The molecule has 4 rings (SSSR count). The maximum Gasteiger partial charge on any atom is 0.268 e. The van der Waals surface area contributed by atoms with Crippen LogP contribution in [-0.4, -0.2) is 36.5 Å². The molecular formula is C21H14Cl2F3N3O3S. The Morgan fingerprint density at radius 2 is 1.91 bits per heavy atom. The van der Waals surface area contributed by atoms with E-state index in [4.69, 9.17) is 23.2 Å². The number of alkyl halides is 1. The lowest BCUT2D eigenvalue weighted by molar-refractivity contribution is -0.128. The third-order valence-corrected chi connectivity index (χ3v) is 6.13. The number of sulfonamides is 1. The SMILES string of the molecule is CS(=O)(=O)NC(=O)C1(n2nc(-c3ccc(Cl)c(F)c3)c3cc(F)ccc32)C=C(Cl)C=CC1F. The molecule has 1 aromatic heterocycles. The summed E-state index contributed by atoms with van der Waals surface area (Å²) in [7, 11) is -4.10. The first kappa shape index (κ1) is 23.3. The van der Waals surface area contributed by atoms with E-state index in [1.807, 2.05) is 0 Å². The van der Waals surface area contributed by atoms with E-state index in [0.717, 1.165) is 41.3 Å². The van der Waals surface area contributed by atoms with Crippen molar-refractivity contribution in [3.8, 4) is 11.3 Å². The number of aromatic nitrogens is 2. The number of rotatable bonds is 4. The number of amides is 1. The second kappa shape index (κ2) is 8.19. The minimum Gasteiger partial charge on any atom is -0.271 e. The predicted octanol–water partition coefficient (Wildman–Crippen LogP) is 4.44. The summed E-state index contributed by atoms with van der Waals surface area (Å²) < 4.78 is 70.0. The molecule has 12 heteroatoms. The van der Waals surface area contributed by atoms with E-state index in [9.17, 15) is 22.0 Å². The highest BCUT2D eigenvalue weighted by Gasteiger charge is 2.50. The van der Waals surface area contributed by atoms with Crippen molar-refractivity contribution in [2.24, 2.45) is 0 Å². The number of fused-ring (bicyclic) bond motifs is 1. The molecule has 2 atom stereocenters. The molecule has 0 saturated heterocycles. The molecule has 0 spiro atoms. The number of allylic oxidation sites excluding steroid dienone is 3. The van der Waals surface area contributed by atoms with Crippen LogP contribution in [-0.2, 0) is 20.4 Å². The summed E-state index contributed by atoms with van der Waals surface area (Å²) in [4.78, 5) is 13.2. The number of benzene rings is 2. The molecular weight excluding hydrogens is 502 g/mol. The summed E-state index contributed by atoms with van der Waals surface area (Å²) in [5.41, 5.74) is -2.13. The Morgan fingerprint density at radius 3 is 2.58 bits per heavy atom. The van der Waals surface area contributed by atoms with E-state index in [2.05, 4.69) is 5.10 Å². The summed E-state index contributed by atoms with van der Waals surface area (Å²) in [6, 6.07) is 7.13. The lowest BCUT2D eigenvalue weighted by Crippen LogP contribution is -2.55. The second-order valence-electron chi connectivity index (χ2n) is 7.37. The second-order valence-corrected chi connectivity index (χ2v) is 9.96. The Kier molecular flexibility index (Phi) is 5.80. The molecule has 0 bridgehead atoms. The van der Waals surface area contributed by atoms with Crippen molar-refractivity contribution < 1.29 is 26.4 Å². The van der Waals surface area contributed by atoms with Gasteiger partial charge in [0.05, 0.1) is 16.8 Å². The highest BCUT2D eigenvalue weighted by Crippen LogP contribution is 2.39. The topological polar surface area (TPSA) is 81.1 Å². The molecule has 6 nitrogen and oxygen atoms in total. The first-order valence-corrected chi connectivity index (χ1v) is 11.9. The highest BCUT2D eigenvalue weighted by molar-refractivity contribution is 7.89. The minimum atomic E-state index is -4.10. The van der Waals surface area contributed by atoms with Crippen LogP contribution in [0.25, 0.3) is 22.2 Å². The molecule has 172 valence electrons. The first-order chi connectivity index (χ1) is 15.4. The third kappa shape index (κ3) is 4.14. The van der Waals surface area contributed by atoms with Gasteiger partial charge < -0.3 is 0 Å². The number of hydrogen-bond donors (Lipinski definition) is 1. The van der Waals surface area contributed by atoms with Gasteiger partial charge in [0.25, 0.3) is 5.91 Å². The zero-order chi connectivity index (χ0) is 24.1. The van der Waals surface area contributed by atoms with Crippen LogP contribution in [0.2, 0.25) is 5.02 Å². The third-order valence-electron chi connectivity index (χ3n) is 5.03. The number of hydrogen-bond acceptors (Lipinski definition) is 4. The van der Waals surface area contributed by atoms with Gasteiger partial charge in [-0.1, -0.05) is 29.3 Å². The lowest BCUT2D eigenvalue weighted by atomic mass is 9.88. The number of halogens is 5. The van der Waals surface area contributed by atoms with Gasteiger partial charge in [-0.3, -0.25) is 9.52 Å². The van der Waals surface area contributed by atoms with E-state index in [0.29, 0.717) is 0 Å². The Bertz CT molecular complexity index is 1470. The standard InChI is InChI=1S/C21H14Cl2F3N3O3S/c1-33(31,32)28-20(30)21(10-12(22)3-7-18(21)26)29-17-6-4-13(24)9-14(17)19(27-29)11-2-5-15(23)16(25)8-11/h2-10,18H,1H3,(H,28,30). The summed E-state index contributed by atoms with van der Waals surface area (Å²) in [6.45, 7) is 0. The maximum atomic E-state index is 15.5. The molecule has 33 heavy (non-hydrogen) atoms. The largest absolute Gasteiger partial charge is 0.271 e. The van der Waals surface area contributed by atoms with Gasteiger partial charge in [0, 0.05) is 16.0 Å².